The summed E-state index contributed by atoms with van der Waals surface area (Å²) in [6, 6.07) is 12.5. The third-order valence-corrected chi connectivity index (χ3v) is 4.70. The molecule has 3 heteroatoms. The van der Waals surface area contributed by atoms with Crippen molar-refractivity contribution in [2.24, 2.45) is 0 Å². The van der Waals surface area contributed by atoms with Crippen molar-refractivity contribution in [3.05, 3.63) is 57.6 Å². The molecule has 0 bridgehead atoms. The van der Waals surface area contributed by atoms with Crippen molar-refractivity contribution in [2.45, 2.75) is 36.7 Å². The van der Waals surface area contributed by atoms with E-state index in [9.17, 15) is 5.11 Å². The minimum Gasteiger partial charge on any atom is -0.389 e. The predicted molar refractivity (Wildman–Crippen MR) is 84.8 cm³/mol. The first kappa shape index (κ1) is 14.6. The lowest BCUT2D eigenvalue weighted by Crippen LogP contribution is -1.94. The maximum absolute atomic E-state index is 9.87. The van der Waals surface area contributed by atoms with Crippen LogP contribution in [0.5, 0.6) is 0 Å². The van der Waals surface area contributed by atoms with Crippen molar-refractivity contribution < 1.29 is 5.11 Å². The van der Waals surface area contributed by atoms with E-state index in [0.29, 0.717) is 0 Å². The number of aliphatic hydroxyl groups excluding tert-OH is 1. The molecule has 0 aliphatic carbocycles. The Balaban J connectivity index is 2.35. The molecule has 0 fully saturated rings. The molecule has 2 aromatic rings. The van der Waals surface area contributed by atoms with Crippen LogP contribution in [0, 0.1) is 13.8 Å². The Morgan fingerprint density at radius 3 is 2.42 bits per heavy atom. The molecule has 0 aliphatic heterocycles. The van der Waals surface area contributed by atoms with Crippen molar-refractivity contribution in [3.63, 3.8) is 0 Å². The lowest BCUT2D eigenvalue weighted by Gasteiger charge is -2.13. The highest BCUT2D eigenvalue weighted by atomic mass is 79.9. The SMILES string of the molecule is Cc1ccc(Sc2ccc(Br)cc2C(C)O)cc1C. The van der Waals surface area contributed by atoms with Crippen molar-refractivity contribution in [1.29, 1.82) is 0 Å². The minimum atomic E-state index is -0.466. The average Bonchev–Trinajstić information content (AvgIpc) is 2.36. The molecule has 0 radical (unpaired) electrons. The highest BCUT2D eigenvalue weighted by molar-refractivity contribution is 9.10. The fourth-order valence-corrected chi connectivity index (χ4v) is 3.33. The summed E-state index contributed by atoms with van der Waals surface area (Å²) >= 11 is 5.14. The molecule has 0 aliphatic rings. The van der Waals surface area contributed by atoms with Crippen LogP contribution >= 0.6 is 27.7 Å². The second-order valence-electron chi connectivity index (χ2n) is 4.71. The van der Waals surface area contributed by atoms with E-state index in [0.717, 1.165) is 14.9 Å². The zero-order valence-corrected chi connectivity index (χ0v) is 13.7. The zero-order valence-electron chi connectivity index (χ0n) is 11.3. The Morgan fingerprint density at radius 2 is 1.79 bits per heavy atom. The lowest BCUT2D eigenvalue weighted by atomic mass is 10.1. The van der Waals surface area contributed by atoms with Crippen LogP contribution in [0.15, 0.2) is 50.7 Å². The Bertz CT molecular complexity index is 593. The smallest absolute Gasteiger partial charge is 0.0773 e. The summed E-state index contributed by atoms with van der Waals surface area (Å²) in [6.45, 7) is 6.04. The van der Waals surface area contributed by atoms with Crippen molar-refractivity contribution in [3.8, 4) is 0 Å². The van der Waals surface area contributed by atoms with Gasteiger partial charge in [0.2, 0.25) is 0 Å². The molecule has 1 atom stereocenters. The third-order valence-electron chi connectivity index (χ3n) is 3.13. The van der Waals surface area contributed by atoms with Crippen LogP contribution < -0.4 is 0 Å². The van der Waals surface area contributed by atoms with Crippen LogP contribution in [0.2, 0.25) is 0 Å². The van der Waals surface area contributed by atoms with Gasteiger partial charge in [-0.25, -0.2) is 0 Å². The largest absolute Gasteiger partial charge is 0.389 e. The molecule has 0 saturated carbocycles. The van der Waals surface area contributed by atoms with E-state index < -0.39 is 6.10 Å². The molecule has 1 N–H and O–H groups in total. The first-order valence-corrected chi connectivity index (χ1v) is 7.81. The number of aryl methyl sites for hydroxylation is 2. The fourth-order valence-electron chi connectivity index (χ4n) is 1.84. The van der Waals surface area contributed by atoms with Gasteiger partial charge in [0.15, 0.2) is 0 Å². The Labute approximate surface area is 127 Å². The van der Waals surface area contributed by atoms with Gasteiger partial charge in [-0.05, 0) is 67.8 Å². The van der Waals surface area contributed by atoms with Gasteiger partial charge < -0.3 is 5.11 Å². The Morgan fingerprint density at radius 1 is 1.05 bits per heavy atom. The predicted octanol–water partition coefficient (Wildman–Crippen LogP) is 5.27. The third kappa shape index (κ3) is 3.62. The fraction of sp³-hybridized carbons (Fsp3) is 0.250. The van der Waals surface area contributed by atoms with Gasteiger partial charge in [0.05, 0.1) is 6.10 Å². The van der Waals surface area contributed by atoms with Gasteiger partial charge in [-0.2, -0.15) is 0 Å². The van der Waals surface area contributed by atoms with E-state index in [2.05, 4.69) is 48.0 Å². The summed E-state index contributed by atoms with van der Waals surface area (Å²) in [7, 11) is 0. The number of rotatable bonds is 3. The molecule has 0 spiro atoms. The van der Waals surface area contributed by atoms with E-state index in [1.54, 1.807) is 18.7 Å². The van der Waals surface area contributed by atoms with Crippen LogP contribution in [0.3, 0.4) is 0 Å². The van der Waals surface area contributed by atoms with Crippen molar-refractivity contribution in [1.82, 2.24) is 0 Å². The number of hydrogen-bond donors (Lipinski definition) is 1. The molecule has 2 aromatic carbocycles. The molecule has 0 heterocycles. The molecular formula is C16H17BrOS. The van der Waals surface area contributed by atoms with Gasteiger partial charge in [0.25, 0.3) is 0 Å². The molecule has 2 rings (SSSR count). The van der Waals surface area contributed by atoms with Crippen LogP contribution in [-0.2, 0) is 0 Å². The summed E-state index contributed by atoms with van der Waals surface area (Å²) in [4.78, 5) is 2.30. The molecule has 1 unspecified atom stereocenters. The quantitative estimate of drug-likeness (QED) is 0.823. The topological polar surface area (TPSA) is 20.2 Å². The monoisotopic (exact) mass is 336 g/mol. The highest BCUT2D eigenvalue weighted by Gasteiger charge is 2.10. The number of halogens is 1. The maximum Gasteiger partial charge on any atom is 0.0773 e. The normalized spacial score (nSPS) is 12.5. The zero-order chi connectivity index (χ0) is 14.0. The lowest BCUT2D eigenvalue weighted by molar-refractivity contribution is 0.196. The summed E-state index contributed by atoms with van der Waals surface area (Å²) in [5, 5.41) is 9.87. The molecule has 19 heavy (non-hydrogen) atoms. The van der Waals surface area contributed by atoms with E-state index in [1.807, 2.05) is 18.2 Å². The molecule has 0 amide bonds. The minimum absolute atomic E-state index is 0.466. The first-order valence-electron chi connectivity index (χ1n) is 6.20. The first-order chi connectivity index (χ1) is 8.97. The van der Waals surface area contributed by atoms with Gasteiger partial charge in [-0.3, -0.25) is 0 Å². The molecule has 100 valence electrons. The highest BCUT2D eigenvalue weighted by Crippen LogP contribution is 2.35. The summed E-state index contributed by atoms with van der Waals surface area (Å²) in [5.41, 5.74) is 3.55. The number of aliphatic hydroxyl groups is 1. The van der Waals surface area contributed by atoms with E-state index in [1.165, 1.54) is 16.0 Å². The molecule has 1 nitrogen and oxygen atoms in total. The van der Waals surface area contributed by atoms with Gasteiger partial charge in [0, 0.05) is 14.3 Å². The average molecular weight is 337 g/mol. The van der Waals surface area contributed by atoms with Crippen LogP contribution in [0.25, 0.3) is 0 Å². The molecule has 0 saturated heterocycles. The number of hydrogen-bond acceptors (Lipinski definition) is 2. The maximum atomic E-state index is 9.87. The van der Waals surface area contributed by atoms with Gasteiger partial charge >= 0.3 is 0 Å². The van der Waals surface area contributed by atoms with E-state index >= 15 is 0 Å². The van der Waals surface area contributed by atoms with Crippen molar-refractivity contribution >= 4 is 27.7 Å². The standard InChI is InChI=1S/C16H17BrOS/c1-10-4-6-14(8-11(10)2)19-16-7-5-13(17)9-15(16)12(3)18/h4-9,12,18H,1-3H3. The van der Waals surface area contributed by atoms with Gasteiger partial charge in [-0.1, -0.05) is 33.8 Å². The van der Waals surface area contributed by atoms with E-state index in [4.69, 9.17) is 0 Å². The Hall–Kier alpha value is -0.770. The molecular weight excluding hydrogens is 320 g/mol. The summed E-state index contributed by atoms with van der Waals surface area (Å²) in [6.07, 6.45) is -0.466. The van der Waals surface area contributed by atoms with Crippen LogP contribution in [0.4, 0.5) is 0 Å². The van der Waals surface area contributed by atoms with Crippen LogP contribution in [0.1, 0.15) is 29.7 Å². The van der Waals surface area contributed by atoms with Gasteiger partial charge in [0.1, 0.15) is 0 Å². The van der Waals surface area contributed by atoms with Gasteiger partial charge in [-0.15, -0.1) is 0 Å². The number of benzene rings is 2. The second-order valence-corrected chi connectivity index (χ2v) is 6.74. The summed E-state index contributed by atoms with van der Waals surface area (Å²) < 4.78 is 0.993. The van der Waals surface area contributed by atoms with Crippen molar-refractivity contribution in [2.75, 3.05) is 0 Å². The molecule has 0 aromatic heterocycles. The Kier molecular flexibility index (Phi) is 4.71. The summed E-state index contributed by atoms with van der Waals surface area (Å²) in [5.74, 6) is 0. The van der Waals surface area contributed by atoms with Crippen LogP contribution in [-0.4, -0.2) is 5.11 Å². The van der Waals surface area contributed by atoms with E-state index in [-0.39, 0.29) is 0 Å². The second kappa shape index (κ2) is 6.12.